The molecule has 0 radical (unpaired) electrons. The highest BCUT2D eigenvalue weighted by Crippen LogP contribution is 2.39. The van der Waals surface area contributed by atoms with E-state index in [2.05, 4.69) is 0 Å². The summed E-state index contributed by atoms with van der Waals surface area (Å²) >= 11 is 6.08. The Labute approximate surface area is 184 Å². The van der Waals surface area contributed by atoms with Crippen LogP contribution in [0.25, 0.3) is 21.7 Å². The predicted octanol–water partition coefficient (Wildman–Crippen LogP) is 4.71. The number of fused-ring (bicyclic) bond motifs is 4. The maximum absolute atomic E-state index is 13.7. The second-order valence-corrected chi connectivity index (χ2v) is 8.53. The van der Waals surface area contributed by atoms with Gasteiger partial charge in [0.05, 0.1) is 17.0 Å². The van der Waals surface area contributed by atoms with Crippen molar-refractivity contribution >= 4 is 39.2 Å². The van der Waals surface area contributed by atoms with Crippen molar-refractivity contribution in [3.8, 4) is 0 Å². The molecule has 1 aliphatic heterocycles. The Hall–Kier alpha value is -3.15. The molecule has 1 aromatic heterocycles. The Morgan fingerprint density at radius 3 is 2.45 bits per heavy atom. The Morgan fingerprint density at radius 1 is 0.968 bits per heavy atom. The monoisotopic (exact) mass is 432 g/mol. The second kappa shape index (κ2) is 7.52. The van der Waals surface area contributed by atoms with Crippen LogP contribution in [0.2, 0.25) is 5.02 Å². The van der Waals surface area contributed by atoms with Gasteiger partial charge in [-0.15, -0.1) is 0 Å². The molecule has 0 saturated heterocycles. The number of amides is 1. The Morgan fingerprint density at radius 2 is 1.71 bits per heavy atom. The van der Waals surface area contributed by atoms with Crippen LogP contribution in [0.3, 0.4) is 0 Å². The molecule has 0 N–H and O–H groups in total. The molecule has 1 atom stereocenters. The van der Waals surface area contributed by atoms with Gasteiger partial charge in [0.15, 0.2) is 5.43 Å². The van der Waals surface area contributed by atoms with E-state index < -0.39 is 6.04 Å². The predicted molar refractivity (Wildman–Crippen MR) is 123 cm³/mol. The number of benzene rings is 3. The third kappa shape index (κ3) is 3.21. The number of hydrogen-bond donors (Lipinski definition) is 0. The summed E-state index contributed by atoms with van der Waals surface area (Å²) in [5.74, 6) is -0.128. The first-order valence-electron chi connectivity index (χ1n) is 10.2. The van der Waals surface area contributed by atoms with E-state index in [0.29, 0.717) is 34.6 Å². The van der Waals surface area contributed by atoms with Gasteiger partial charge >= 0.3 is 0 Å². The number of carbonyl (C=O) groups excluding carboxylic acids is 1. The lowest BCUT2D eigenvalue weighted by Gasteiger charge is -2.26. The van der Waals surface area contributed by atoms with Crippen LogP contribution < -0.4 is 5.43 Å². The second-order valence-electron chi connectivity index (χ2n) is 8.09. The number of likely N-dealkylation sites (N-methyl/N-ethyl adjacent to an activating group) is 1. The third-order valence-corrected chi connectivity index (χ3v) is 6.08. The Balaban J connectivity index is 1.77. The molecular weight excluding hydrogens is 412 g/mol. The van der Waals surface area contributed by atoms with Crippen LogP contribution in [0.15, 0.2) is 69.9 Å². The summed E-state index contributed by atoms with van der Waals surface area (Å²) in [6.07, 6.45) is 0. The average Bonchev–Trinajstić information content (AvgIpc) is 3.05. The summed E-state index contributed by atoms with van der Waals surface area (Å²) in [6, 6.07) is 18.2. The van der Waals surface area contributed by atoms with E-state index in [-0.39, 0.29) is 17.1 Å². The lowest BCUT2D eigenvalue weighted by atomic mass is 9.97. The van der Waals surface area contributed by atoms with Gasteiger partial charge in [0, 0.05) is 23.5 Å². The lowest BCUT2D eigenvalue weighted by Crippen LogP contribution is -2.35. The molecule has 1 amide bonds. The van der Waals surface area contributed by atoms with E-state index in [1.165, 1.54) is 0 Å². The molecule has 0 saturated carbocycles. The summed E-state index contributed by atoms with van der Waals surface area (Å²) in [5, 5.41) is 2.87. The van der Waals surface area contributed by atoms with Crippen molar-refractivity contribution in [3.05, 3.63) is 92.8 Å². The zero-order valence-corrected chi connectivity index (χ0v) is 18.0. The molecule has 0 spiro atoms. The van der Waals surface area contributed by atoms with Crippen LogP contribution in [0.4, 0.5) is 0 Å². The van der Waals surface area contributed by atoms with Gasteiger partial charge in [-0.2, -0.15) is 0 Å². The van der Waals surface area contributed by atoms with Crippen LogP contribution >= 0.6 is 11.6 Å². The van der Waals surface area contributed by atoms with Gasteiger partial charge in [-0.1, -0.05) is 54.1 Å². The lowest BCUT2D eigenvalue weighted by molar-refractivity contribution is 0.0716. The molecular formula is C25H21ClN2O3. The van der Waals surface area contributed by atoms with Gasteiger partial charge < -0.3 is 14.2 Å². The van der Waals surface area contributed by atoms with Gasteiger partial charge in [0.1, 0.15) is 5.58 Å². The fourth-order valence-electron chi connectivity index (χ4n) is 4.28. The van der Waals surface area contributed by atoms with E-state index in [0.717, 1.165) is 16.3 Å². The molecule has 5 nitrogen and oxygen atoms in total. The van der Waals surface area contributed by atoms with Crippen molar-refractivity contribution in [1.82, 2.24) is 9.80 Å². The minimum absolute atomic E-state index is 0.132. The molecule has 5 rings (SSSR count). The first kappa shape index (κ1) is 19.8. The fourth-order valence-corrected chi connectivity index (χ4v) is 4.40. The summed E-state index contributed by atoms with van der Waals surface area (Å²) in [6.45, 7) is 1.14. The summed E-state index contributed by atoms with van der Waals surface area (Å²) in [7, 11) is 3.91. The van der Waals surface area contributed by atoms with Crippen molar-refractivity contribution in [3.63, 3.8) is 0 Å². The average molecular weight is 433 g/mol. The van der Waals surface area contributed by atoms with E-state index in [1.807, 2.05) is 61.5 Å². The van der Waals surface area contributed by atoms with Crippen molar-refractivity contribution in [2.45, 2.75) is 6.04 Å². The van der Waals surface area contributed by atoms with Crippen molar-refractivity contribution in [2.24, 2.45) is 0 Å². The van der Waals surface area contributed by atoms with E-state index >= 15 is 0 Å². The number of hydrogen-bond acceptors (Lipinski definition) is 4. The van der Waals surface area contributed by atoms with E-state index in [1.54, 1.807) is 23.1 Å². The standard InChI is InChI=1S/C25H21ClN2O3/c1-27(2)13-14-28-21(16-7-10-17(26)11-8-16)20-22(29)19-12-9-15-5-3-4-6-18(15)23(19)31-24(20)25(28)30/h3-12,21H,13-14H2,1-2H3/t21-/m0/s1. The van der Waals surface area contributed by atoms with Crippen molar-refractivity contribution in [2.75, 3.05) is 27.2 Å². The maximum atomic E-state index is 13.7. The molecule has 0 fully saturated rings. The number of rotatable bonds is 4. The first-order valence-corrected chi connectivity index (χ1v) is 10.5. The van der Waals surface area contributed by atoms with Crippen LogP contribution in [-0.4, -0.2) is 42.9 Å². The minimum atomic E-state index is -0.508. The number of carbonyl (C=O) groups is 1. The van der Waals surface area contributed by atoms with E-state index in [9.17, 15) is 9.59 Å². The molecule has 4 aromatic rings. The molecule has 0 bridgehead atoms. The van der Waals surface area contributed by atoms with Gasteiger partial charge in [0.2, 0.25) is 5.76 Å². The molecule has 0 unspecified atom stereocenters. The zero-order valence-electron chi connectivity index (χ0n) is 17.3. The smallest absolute Gasteiger partial charge is 0.290 e. The highest BCUT2D eigenvalue weighted by Gasteiger charge is 2.42. The molecule has 2 heterocycles. The van der Waals surface area contributed by atoms with Crippen molar-refractivity contribution < 1.29 is 9.21 Å². The van der Waals surface area contributed by atoms with E-state index in [4.69, 9.17) is 16.0 Å². The van der Waals surface area contributed by atoms with Crippen LogP contribution in [0.5, 0.6) is 0 Å². The van der Waals surface area contributed by atoms with Crippen LogP contribution in [-0.2, 0) is 0 Å². The third-order valence-electron chi connectivity index (χ3n) is 5.83. The largest absolute Gasteiger partial charge is 0.450 e. The van der Waals surface area contributed by atoms with Crippen LogP contribution in [0, 0.1) is 0 Å². The topological polar surface area (TPSA) is 53.8 Å². The summed E-state index contributed by atoms with van der Waals surface area (Å²) in [4.78, 5) is 30.8. The van der Waals surface area contributed by atoms with Gasteiger partial charge in [-0.05, 0) is 43.2 Å². The fraction of sp³-hybridized carbons (Fsp3) is 0.200. The molecule has 31 heavy (non-hydrogen) atoms. The van der Waals surface area contributed by atoms with Gasteiger partial charge in [-0.3, -0.25) is 9.59 Å². The van der Waals surface area contributed by atoms with Crippen LogP contribution in [0.1, 0.15) is 27.7 Å². The van der Waals surface area contributed by atoms with Gasteiger partial charge in [0.25, 0.3) is 5.91 Å². The van der Waals surface area contributed by atoms with Crippen molar-refractivity contribution in [1.29, 1.82) is 0 Å². The normalized spacial score (nSPS) is 15.9. The number of nitrogens with zero attached hydrogens (tertiary/aromatic N) is 2. The highest BCUT2D eigenvalue weighted by atomic mass is 35.5. The molecule has 156 valence electrons. The molecule has 1 aliphatic rings. The minimum Gasteiger partial charge on any atom is -0.450 e. The Bertz CT molecular complexity index is 1380. The quantitative estimate of drug-likeness (QED) is 0.438. The van der Waals surface area contributed by atoms with Gasteiger partial charge in [-0.25, -0.2) is 0 Å². The Kier molecular flexibility index (Phi) is 4.80. The SMILES string of the molecule is CN(C)CCN1C(=O)c2oc3c(ccc4ccccc43)c(=O)c2[C@@H]1c1ccc(Cl)cc1. The maximum Gasteiger partial charge on any atom is 0.290 e. The highest BCUT2D eigenvalue weighted by molar-refractivity contribution is 6.30. The molecule has 3 aromatic carbocycles. The summed E-state index contributed by atoms with van der Waals surface area (Å²) < 4.78 is 6.19. The first-order chi connectivity index (χ1) is 15.0. The summed E-state index contributed by atoms with van der Waals surface area (Å²) in [5.41, 5.74) is 1.53. The zero-order chi connectivity index (χ0) is 21.7. The number of halogens is 1. The molecule has 6 heteroatoms. The molecule has 0 aliphatic carbocycles.